The molecule has 86 valence electrons. The Morgan fingerprint density at radius 1 is 1.47 bits per heavy atom. The van der Waals surface area contributed by atoms with Gasteiger partial charge in [-0.3, -0.25) is 0 Å². The maximum Gasteiger partial charge on any atom is 0.128 e. The molecule has 1 aromatic heterocycles. The first-order valence-electron chi connectivity index (χ1n) is 5.40. The molecule has 0 aliphatic carbocycles. The van der Waals surface area contributed by atoms with Crippen molar-refractivity contribution >= 4 is 11.6 Å². The van der Waals surface area contributed by atoms with Crippen molar-refractivity contribution in [3.63, 3.8) is 0 Å². The van der Waals surface area contributed by atoms with Gasteiger partial charge in [-0.1, -0.05) is 25.4 Å². The first-order chi connectivity index (χ1) is 7.00. The molecule has 0 radical (unpaired) electrons. The monoisotopic (exact) mass is 229 g/mol. The van der Waals surface area contributed by atoms with Gasteiger partial charge in [0.15, 0.2) is 0 Å². The summed E-state index contributed by atoms with van der Waals surface area (Å²) in [5.74, 6) is 1.70. The van der Waals surface area contributed by atoms with E-state index in [0.29, 0.717) is 11.2 Å². The SMILES string of the molecule is CC(C)CC(C)NCc1ncc(Cl)n1C. The first kappa shape index (κ1) is 12.5. The first-order valence-corrected chi connectivity index (χ1v) is 5.78. The van der Waals surface area contributed by atoms with Crippen molar-refractivity contribution in [2.75, 3.05) is 0 Å². The molecule has 0 saturated heterocycles. The van der Waals surface area contributed by atoms with Crippen LogP contribution in [0, 0.1) is 5.92 Å². The van der Waals surface area contributed by atoms with Crippen LogP contribution in [0.1, 0.15) is 33.0 Å². The fourth-order valence-corrected chi connectivity index (χ4v) is 1.79. The van der Waals surface area contributed by atoms with Crippen LogP contribution in [0.3, 0.4) is 0 Å². The van der Waals surface area contributed by atoms with Gasteiger partial charge >= 0.3 is 0 Å². The lowest BCUT2D eigenvalue weighted by Crippen LogP contribution is -2.28. The zero-order valence-corrected chi connectivity index (χ0v) is 10.7. The van der Waals surface area contributed by atoms with E-state index in [9.17, 15) is 0 Å². The van der Waals surface area contributed by atoms with Crippen LogP contribution in [-0.2, 0) is 13.6 Å². The van der Waals surface area contributed by atoms with Crippen LogP contribution in [0.15, 0.2) is 6.20 Å². The van der Waals surface area contributed by atoms with Gasteiger partial charge in [0.25, 0.3) is 0 Å². The average molecular weight is 230 g/mol. The molecule has 1 unspecified atom stereocenters. The molecule has 1 rings (SSSR count). The zero-order chi connectivity index (χ0) is 11.4. The normalized spacial score (nSPS) is 13.5. The zero-order valence-electron chi connectivity index (χ0n) is 9.92. The Hall–Kier alpha value is -0.540. The van der Waals surface area contributed by atoms with Crippen LogP contribution >= 0.6 is 11.6 Å². The second kappa shape index (κ2) is 5.52. The van der Waals surface area contributed by atoms with Gasteiger partial charge in [0.2, 0.25) is 0 Å². The van der Waals surface area contributed by atoms with E-state index in [1.165, 1.54) is 6.42 Å². The minimum atomic E-state index is 0.514. The van der Waals surface area contributed by atoms with Gasteiger partial charge in [0, 0.05) is 13.1 Å². The van der Waals surface area contributed by atoms with Crippen LogP contribution in [0.5, 0.6) is 0 Å². The number of aromatic nitrogens is 2. The van der Waals surface area contributed by atoms with Crippen molar-refractivity contribution in [3.8, 4) is 0 Å². The van der Waals surface area contributed by atoms with E-state index in [1.54, 1.807) is 6.20 Å². The van der Waals surface area contributed by atoms with E-state index < -0.39 is 0 Å². The molecule has 1 N–H and O–H groups in total. The molecule has 0 spiro atoms. The molecule has 1 heterocycles. The highest BCUT2D eigenvalue weighted by Gasteiger charge is 2.07. The minimum absolute atomic E-state index is 0.514. The summed E-state index contributed by atoms with van der Waals surface area (Å²) in [7, 11) is 1.93. The number of hydrogen-bond acceptors (Lipinski definition) is 2. The molecule has 15 heavy (non-hydrogen) atoms. The van der Waals surface area contributed by atoms with E-state index in [4.69, 9.17) is 11.6 Å². The fourth-order valence-electron chi connectivity index (χ4n) is 1.64. The van der Waals surface area contributed by atoms with E-state index in [1.807, 2.05) is 11.6 Å². The Morgan fingerprint density at radius 3 is 2.60 bits per heavy atom. The Bertz CT molecular complexity index is 307. The molecular weight excluding hydrogens is 210 g/mol. The van der Waals surface area contributed by atoms with Crippen molar-refractivity contribution in [1.29, 1.82) is 0 Å². The Morgan fingerprint density at radius 2 is 2.13 bits per heavy atom. The summed E-state index contributed by atoms with van der Waals surface area (Å²) >= 11 is 5.90. The summed E-state index contributed by atoms with van der Waals surface area (Å²) in [5.41, 5.74) is 0. The van der Waals surface area contributed by atoms with Crippen LogP contribution in [0.25, 0.3) is 0 Å². The van der Waals surface area contributed by atoms with Crippen molar-refractivity contribution < 1.29 is 0 Å². The summed E-state index contributed by atoms with van der Waals surface area (Å²) in [5, 5.41) is 4.13. The van der Waals surface area contributed by atoms with Gasteiger partial charge in [0.05, 0.1) is 12.7 Å². The second-order valence-electron chi connectivity index (χ2n) is 4.47. The van der Waals surface area contributed by atoms with Gasteiger partial charge in [0.1, 0.15) is 11.0 Å². The summed E-state index contributed by atoms with van der Waals surface area (Å²) in [6.45, 7) is 7.44. The highest BCUT2D eigenvalue weighted by atomic mass is 35.5. The number of nitrogens with one attached hydrogen (secondary N) is 1. The fraction of sp³-hybridized carbons (Fsp3) is 0.727. The van der Waals surface area contributed by atoms with Crippen molar-refractivity contribution in [2.24, 2.45) is 13.0 Å². The second-order valence-corrected chi connectivity index (χ2v) is 4.85. The Labute approximate surface area is 96.8 Å². The number of imidazole rings is 1. The predicted molar refractivity (Wildman–Crippen MR) is 64.0 cm³/mol. The van der Waals surface area contributed by atoms with E-state index in [-0.39, 0.29) is 0 Å². The lowest BCUT2D eigenvalue weighted by Gasteiger charge is -2.15. The average Bonchev–Trinajstić information content (AvgIpc) is 2.44. The van der Waals surface area contributed by atoms with Gasteiger partial charge < -0.3 is 9.88 Å². The molecule has 0 fully saturated rings. The Balaban J connectivity index is 2.40. The smallest absolute Gasteiger partial charge is 0.128 e. The maximum absolute atomic E-state index is 5.90. The van der Waals surface area contributed by atoms with Gasteiger partial charge in [-0.05, 0) is 19.3 Å². The third kappa shape index (κ3) is 3.84. The third-order valence-electron chi connectivity index (χ3n) is 2.46. The predicted octanol–water partition coefficient (Wildman–Crippen LogP) is 2.60. The lowest BCUT2D eigenvalue weighted by molar-refractivity contribution is 0.434. The molecular formula is C11H20ClN3. The largest absolute Gasteiger partial charge is 0.321 e. The topological polar surface area (TPSA) is 29.9 Å². The van der Waals surface area contributed by atoms with Gasteiger partial charge in [-0.25, -0.2) is 4.98 Å². The van der Waals surface area contributed by atoms with Crippen molar-refractivity contribution in [3.05, 3.63) is 17.2 Å². The summed E-state index contributed by atoms with van der Waals surface area (Å²) in [6, 6.07) is 0.514. The minimum Gasteiger partial charge on any atom is -0.321 e. The molecule has 0 aliphatic heterocycles. The number of rotatable bonds is 5. The maximum atomic E-state index is 5.90. The molecule has 4 heteroatoms. The molecule has 1 atom stereocenters. The van der Waals surface area contributed by atoms with E-state index >= 15 is 0 Å². The number of nitrogens with zero attached hydrogens (tertiary/aromatic N) is 2. The molecule has 0 bridgehead atoms. The van der Waals surface area contributed by atoms with Gasteiger partial charge in [-0.2, -0.15) is 0 Å². The summed E-state index contributed by atoms with van der Waals surface area (Å²) < 4.78 is 1.90. The molecule has 0 amide bonds. The highest BCUT2D eigenvalue weighted by Crippen LogP contribution is 2.09. The third-order valence-corrected chi connectivity index (χ3v) is 2.81. The molecule has 0 aliphatic rings. The van der Waals surface area contributed by atoms with Crippen molar-refractivity contribution in [2.45, 2.75) is 39.8 Å². The summed E-state index contributed by atoms with van der Waals surface area (Å²) in [4.78, 5) is 4.23. The summed E-state index contributed by atoms with van der Waals surface area (Å²) in [6.07, 6.45) is 2.86. The molecule has 0 aromatic carbocycles. The molecule has 3 nitrogen and oxygen atoms in total. The van der Waals surface area contributed by atoms with E-state index in [2.05, 4.69) is 31.1 Å². The Kier molecular flexibility index (Phi) is 4.61. The van der Waals surface area contributed by atoms with Crippen LogP contribution in [-0.4, -0.2) is 15.6 Å². The molecule has 0 saturated carbocycles. The van der Waals surface area contributed by atoms with E-state index in [0.717, 1.165) is 18.3 Å². The van der Waals surface area contributed by atoms with Crippen LogP contribution < -0.4 is 5.32 Å². The number of hydrogen-bond donors (Lipinski definition) is 1. The van der Waals surface area contributed by atoms with Crippen LogP contribution in [0.4, 0.5) is 0 Å². The van der Waals surface area contributed by atoms with Gasteiger partial charge in [-0.15, -0.1) is 0 Å². The number of halogens is 1. The quantitative estimate of drug-likeness (QED) is 0.841. The highest BCUT2D eigenvalue weighted by molar-refractivity contribution is 6.29. The molecule has 1 aromatic rings. The standard InChI is InChI=1S/C11H20ClN3/c1-8(2)5-9(3)13-7-11-14-6-10(12)15(11)4/h6,8-9,13H,5,7H2,1-4H3. The van der Waals surface area contributed by atoms with Crippen LogP contribution in [0.2, 0.25) is 5.15 Å². The van der Waals surface area contributed by atoms with Crippen molar-refractivity contribution in [1.82, 2.24) is 14.9 Å². The lowest BCUT2D eigenvalue weighted by atomic mass is 10.1.